The lowest BCUT2D eigenvalue weighted by atomic mass is 10.0. The Hall–Kier alpha value is -1.80. The van der Waals surface area contributed by atoms with Gasteiger partial charge in [-0.25, -0.2) is 0 Å². The summed E-state index contributed by atoms with van der Waals surface area (Å²) in [6.07, 6.45) is 1.01. The molecule has 2 aromatic rings. The van der Waals surface area contributed by atoms with Crippen LogP contribution in [0.3, 0.4) is 0 Å². The van der Waals surface area contributed by atoms with E-state index in [0.29, 0.717) is 6.61 Å². The van der Waals surface area contributed by atoms with Crippen molar-refractivity contribution in [3.05, 3.63) is 64.7 Å². The average Bonchev–Trinajstić information content (AvgIpc) is 2.47. The van der Waals surface area contributed by atoms with E-state index in [1.807, 2.05) is 12.1 Å². The van der Waals surface area contributed by atoms with Crippen LogP contribution in [-0.2, 0) is 6.42 Å². The van der Waals surface area contributed by atoms with Gasteiger partial charge in [0, 0.05) is 0 Å². The molecule has 0 spiro atoms. The molecule has 0 radical (unpaired) electrons. The van der Waals surface area contributed by atoms with Crippen LogP contribution < -0.4 is 10.5 Å². The van der Waals surface area contributed by atoms with Gasteiger partial charge in [0.15, 0.2) is 0 Å². The zero-order chi connectivity index (χ0) is 14.5. The van der Waals surface area contributed by atoms with Crippen molar-refractivity contribution in [2.24, 2.45) is 5.73 Å². The SMILES string of the molecule is CCc1cccc(OCC(N)c2ccc(C)c(C)c2)c1. The molecule has 0 aliphatic heterocycles. The van der Waals surface area contributed by atoms with E-state index >= 15 is 0 Å². The van der Waals surface area contributed by atoms with Crippen molar-refractivity contribution in [3.8, 4) is 5.75 Å². The fraction of sp³-hybridized carbons (Fsp3) is 0.333. The summed E-state index contributed by atoms with van der Waals surface area (Å²) in [6.45, 7) is 6.85. The normalized spacial score (nSPS) is 12.2. The van der Waals surface area contributed by atoms with E-state index in [9.17, 15) is 0 Å². The smallest absolute Gasteiger partial charge is 0.119 e. The van der Waals surface area contributed by atoms with Gasteiger partial charge in [-0.05, 0) is 54.7 Å². The maximum absolute atomic E-state index is 6.21. The predicted octanol–water partition coefficient (Wildman–Crippen LogP) is 3.94. The van der Waals surface area contributed by atoms with E-state index in [-0.39, 0.29) is 6.04 Å². The largest absolute Gasteiger partial charge is 0.492 e. The maximum Gasteiger partial charge on any atom is 0.119 e. The molecule has 106 valence electrons. The number of benzene rings is 2. The number of hydrogen-bond acceptors (Lipinski definition) is 2. The fourth-order valence-corrected chi connectivity index (χ4v) is 2.13. The molecule has 0 bridgehead atoms. The molecule has 0 heterocycles. The van der Waals surface area contributed by atoms with Gasteiger partial charge in [-0.15, -0.1) is 0 Å². The molecule has 0 fully saturated rings. The molecule has 0 saturated heterocycles. The van der Waals surface area contributed by atoms with Crippen LogP contribution in [-0.4, -0.2) is 6.61 Å². The molecule has 0 saturated carbocycles. The van der Waals surface area contributed by atoms with E-state index in [2.05, 4.69) is 51.1 Å². The van der Waals surface area contributed by atoms with E-state index in [4.69, 9.17) is 10.5 Å². The summed E-state index contributed by atoms with van der Waals surface area (Å²) in [5, 5.41) is 0. The fourth-order valence-electron chi connectivity index (χ4n) is 2.13. The zero-order valence-corrected chi connectivity index (χ0v) is 12.5. The summed E-state index contributed by atoms with van der Waals surface area (Å²) < 4.78 is 5.81. The summed E-state index contributed by atoms with van der Waals surface area (Å²) in [5.41, 5.74) is 11.2. The van der Waals surface area contributed by atoms with Gasteiger partial charge in [-0.1, -0.05) is 37.3 Å². The molecule has 1 atom stereocenters. The number of rotatable bonds is 5. The zero-order valence-electron chi connectivity index (χ0n) is 12.5. The second-order valence-electron chi connectivity index (χ2n) is 5.26. The molecule has 0 aromatic heterocycles. The molecule has 1 unspecified atom stereocenters. The molecule has 20 heavy (non-hydrogen) atoms. The summed E-state index contributed by atoms with van der Waals surface area (Å²) in [5.74, 6) is 0.892. The Labute approximate surface area is 121 Å². The van der Waals surface area contributed by atoms with Crippen molar-refractivity contribution < 1.29 is 4.74 Å². The Morgan fingerprint density at radius 1 is 1.05 bits per heavy atom. The highest BCUT2D eigenvalue weighted by molar-refractivity contribution is 5.32. The molecule has 2 rings (SSSR count). The van der Waals surface area contributed by atoms with E-state index in [0.717, 1.165) is 17.7 Å². The topological polar surface area (TPSA) is 35.2 Å². The van der Waals surface area contributed by atoms with Crippen LogP contribution in [0.4, 0.5) is 0 Å². The number of hydrogen-bond donors (Lipinski definition) is 1. The third-order valence-electron chi connectivity index (χ3n) is 3.70. The van der Waals surface area contributed by atoms with Gasteiger partial charge in [0.1, 0.15) is 12.4 Å². The Bertz CT molecular complexity index is 577. The number of nitrogens with two attached hydrogens (primary N) is 1. The van der Waals surface area contributed by atoms with Crippen LogP contribution in [0.25, 0.3) is 0 Å². The first-order valence-electron chi connectivity index (χ1n) is 7.14. The van der Waals surface area contributed by atoms with Crippen LogP contribution in [0.15, 0.2) is 42.5 Å². The van der Waals surface area contributed by atoms with Gasteiger partial charge in [0.25, 0.3) is 0 Å². The van der Waals surface area contributed by atoms with Gasteiger partial charge in [0.2, 0.25) is 0 Å². The predicted molar refractivity (Wildman–Crippen MR) is 84.2 cm³/mol. The van der Waals surface area contributed by atoms with Gasteiger partial charge >= 0.3 is 0 Å². The van der Waals surface area contributed by atoms with Crippen molar-refractivity contribution >= 4 is 0 Å². The minimum absolute atomic E-state index is 0.0976. The van der Waals surface area contributed by atoms with Crippen molar-refractivity contribution in [2.45, 2.75) is 33.2 Å². The Morgan fingerprint density at radius 3 is 2.55 bits per heavy atom. The monoisotopic (exact) mass is 269 g/mol. The molecule has 0 aliphatic carbocycles. The highest BCUT2D eigenvalue weighted by atomic mass is 16.5. The third kappa shape index (κ3) is 3.61. The third-order valence-corrected chi connectivity index (χ3v) is 3.70. The van der Waals surface area contributed by atoms with Gasteiger partial charge in [-0.3, -0.25) is 0 Å². The highest BCUT2D eigenvalue weighted by Crippen LogP contribution is 2.18. The lowest BCUT2D eigenvalue weighted by Gasteiger charge is -2.15. The first kappa shape index (κ1) is 14.6. The first-order valence-corrected chi connectivity index (χ1v) is 7.14. The minimum atomic E-state index is -0.0976. The summed E-state index contributed by atoms with van der Waals surface area (Å²) in [4.78, 5) is 0. The quantitative estimate of drug-likeness (QED) is 0.892. The van der Waals surface area contributed by atoms with Crippen LogP contribution in [0, 0.1) is 13.8 Å². The standard InChI is InChI=1S/C18H23NO/c1-4-15-6-5-7-17(11-15)20-12-18(19)16-9-8-13(2)14(3)10-16/h5-11,18H,4,12,19H2,1-3H3. The molecule has 2 nitrogen and oxygen atoms in total. The minimum Gasteiger partial charge on any atom is -0.492 e. The number of ether oxygens (including phenoxy) is 1. The first-order chi connectivity index (χ1) is 9.60. The lowest BCUT2D eigenvalue weighted by Crippen LogP contribution is -2.19. The van der Waals surface area contributed by atoms with Crippen LogP contribution in [0.1, 0.15) is 35.2 Å². The summed E-state index contributed by atoms with van der Waals surface area (Å²) in [7, 11) is 0. The Morgan fingerprint density at radius 2 is 1.85 bits per heavy atom. The summed E-state index contributed by atoms with van der Waals surface area (Å²) >= 11 is 0. The van der Waals surface area contributed by atoms with E-state index in [1.54, 1.807) is 0 Å². The Balaban J connectivity index is 2.00. The van der Waals surface area contributed by atoms with E-state index < -0.39 is 0 Å². The van der Waals surface area contributed by atoms with Gasteiger partial charge in [0.05, 0.1) is 6.04 Å². The van der Waals surface area contributed by atoms with E-state index in [1.165, 1.54) is 16.7 Å². The van der Waals surface area contributed by atoms with Crippen LogP contribution in [0.2, 0.25) is 0 Å². The second kappa shape index (κ2) is 6.58. The maximum atomic E-state index is 6.21. The van der Waals surface area contributed by atoms with Crippen molar-refractivity contribution in [3.63, 3.8) is 0 Å². The van der Waals surface area contributed by atoms with Crippen molar-refractivity contribution in [1.82, 2.24) is 0 Å². The Kier molecular flexibility index (Phi) is 4.80. The average molecular weight is 269 g/mol. The molecule has 0 aliphatic rings. The molecule has 2 N–H and O–H groups in total. The molecular weight excluding hydrogens is 246 g/mol. The van der Waals surface area contributed by atoms with Crippen molar-refractivity contribution in [2.75, 3.05) is 6.61 Å². The van der Waals surface area contributed by atoms with Crippen LogP contribution in [0.5, 0.6) is 5.75 Å². The summed E-state index contributed by atoms with van der Waals surface area (Å²) in [6, 6.07) is 14.4. The molecule has 0 amide bonds. The van der Waals surface area contributed by atoms with Crippen LogP contribution >= 0.6 is 0 Å². The molecule has 2 aromatic carbocycles. The van der Waals surface area contributed by atoms with Gasteiger partial charge < -0.3 is 10.5 Å². The molecule has 2 heteroatoms. The second-order valence-corrected chi connectivity index (χ2v) is 5.26. The molecular formula is C18H23NO. The number of aryl methyl sites for hydroxylation is 3. The van der Waals surface area contributed by atoms with Gasteiger partial charge in [-0.2, -0.15) is 0 Å². The highest BCUT2D eigenvalue weighted by Gasteiger charge is 2.08. The van der Waals surface area contributed by atoms with Crippen molar-refractivity contribution in [1.29, 1.82) is 0 Å². The lowest BCUT2D eigenvalue weighted by molar-refractivity contribution is 0.290.